The highest BCUT2D eigenvalue weighted by Crippen LogP contribution is 2.24. The number of rotatable bonds is 8. The van der Waals surface area contributed by atoms with Gasteiger partial charge in [0.1, 0.15) is 11.4 Å². The van der Waals surface area contributed by atoms with Crippen molar-refractivity contribution in [2.75, 3.05) is 5.32 Å². The summed E-state index contributed by atoms with van der Waals surface area (Å²) >= 11 is 0. The highest BCUT2D eigenvalue weighted by atomic mass is 19.2. The molecule has 2 N–H and O–H groups in total. The Kier molecular flexibility index (Phi) is 6.37. The van der Waals surface area contributed by atoms with Crippen LogP contribution in [0.2, 0.25) is 0 Å². The van der Waals surface area contributed by atoms with Gasteiger partial charge in [-0.2, -0.15) is 9.07 Å². The lowest BCUT2D eigenvalue weighted by Crippen LogP contribution is -2.25. The molecule has 10 heteroatoms. The van der Waals surface area contributed by atoms with E-state index in [1.807, 2.05) is 0 Å². The number of carbonyl (C=O) groups is 1. The summed E-state index contributed by atoms with van der Waals surface area (Å²) in [5, 5.41) is 17.3. The summed E-state index contributed by atoms with van der Waals surface area (Å²) in [5.74, 6) is -2.32. The average molecular weight is 478 g/mol. The summed E-state index contributed by atoms with van der Waals surface area (Å²) in [7, 11) is 0. The molecule has 0 aliphatic rings. The number of hydrogen-bond acceptors (Lipinski definition) is 6. The minimum Gasteiger partial charge on any atom is -0.481 e. The largest absolute Gasteiger partial charge is 0.481 e. The number of carboxylic acid groups (broad SMARTS) is 1. The molecule has 0 saturated heterocycles. The molecule has 0 aliphatic heterocycles. The van der Waals surface area contributed by atoms with E-state index in [-0.39, 0.29) is 30.0 Å². The maximum atomic E-state index is 13.8. The Labute approximate surface area is 199 Å². The molecule has 35 heavy (non-hydrogen) atoms. The minimum absolute atomic E-state index is 0.0153. The Morgan fingerprint density at radius 3 is 2.37 bits per heavy atom. The van der Waals surface area contributed by atoms with E-state index in [9.17, 15) is 18.8 Å². The summed E-state index contributed by atoms with van der Waals surface area (Å²) in [4.78, 5) is 36.9. The number of ether oxygens (including phenoxy) is 1. The maximum absolute atomic E-state index is 13.8. The average Bonchev–Trinajstić information content (AvgIpc) is 2.81. The highest BCUT2D eigenvalue weighted by Gasteiger charge is 2.18. The van der Waals surface area contributed by atoms with Gasteiger partial charge in [-0.15, -0.1) is 5.10 Å². The van der Waals surface area contributed by atoms with E-state index in [2.05, 4.69) is 10.4 Å². The number of nitrogens with zero attached hydrogens (tertiary/aromatic N) is 3. The van der Waals surface area contributed by atoms with Crippen LogP contribution in [0, 0.1) is 0 Å². The van der Waals surface area contributed by atoms with Crippen molar-refractivity contribution < 1.29 is 19.0 Å². The molecule has 0 fully saturated rings. The van der Waals surface area contributed by atoms with Gasteiger partial charge in [0, 0.05) is 32.0 Å². The van der Waals surface area contributed by atoms with E-state index in [0.717, 1.165) is 0 Å². The molecule has 0 amide bonds. The van der Waals surface area contributed by atoms with Crippen LogP contribution in [0.5, 0.6) is 5.75 Å². The van der Waals surface area contributed by atoms with E-state index >= 15 is 0 Å². The van der Waals surface area contributed by atoms with Gasteiger partial charge in [0.05, 0.1) is 17.5 Å². The first-order chi connectivity index (χ1) is 16.6. The van der Waals surface area contributed by atoms with Crippen molar-refractivity contribution in [3.05, 3.63) is 87.6 Å². The third kappa shape index (κ3) is 5.37. The second-order valence-electron chi connectivity index (χ2n) is 8.26. The normalized spacial score (nSPS) is 11.4. The molecule has 4 rings (SSSR count). The first-order valence-electron chi connectivity index (χ1n) is 10.8. The molecule has 0 atom stereocenters. The van der Waals surface area contributed by atoms with Gasteiger partial charge in [0.15, 0.2) is 5.82 Å². The van der Waals surface area contributed by atoms with Crippen molar-refractivity contribution in [2.45, 2.75) is 32.7 Å². The summed E-state index contributed by atoms with van der Waals surface area (Å²) in [6, 6.07) is 16.2. The monoisotopic (exact) mass is 478 g/mol. The molecular weight excluding hydrogens is 455 g/mol. The second-order valence-corrected chi connectivity index (χ2v) is 8.26. The van der Waals surface area contributed by atoms with Crippen molar-refractivity contribution in [2.24, 2.45) is 0 Å². The molecule has 9 nitrogen and oxygen atoms in total. The molecule has 4 aromatic rings. The van der Waals surface area contributed by atoms with E-state index in [4.69, 9.17) is 9.84 Å². The summed E-state index contributed by atoms with van der Waals surface area (Å²) in [6.45, 7) is 2.59. The number of benzene rings is 2. The number of halogens is 1. The highest BCUT2D eigenvalue weighted by molar-refractivity contribution is 5.92. The molecule has 0 saturated carbocycles. The van der Waals surface area contributed by atoms with Gasteiger partial charge in [-0.3, -0.25) is 14.4 Å². The number of aryl methyl sites for hydroxylation is 1. The number of anilines is 2. The first kappa shape index (κ1) is 23.7. The Hall–Kier alpha value is -4.47. The van der Waals surface area contributed by atoms with Crippen LogP contribution in [0.1, 0.15) is 20.3 Å². The predicted octanol–water partition coefficient (Wildman–Crippen LogP) is 3.85. The van der Waals surface area contributed by atoms with E-state index in [1.165, 1.54) is 41.4 Å². The standard InChI is InChI=1S/C25H23FN4O5/c1-25(2,26)35-17-11-9-16(10-12-17)30-23(33)19-7-4-3-6-18(19)22(28-30)27-20-8-5-14-29(24(20)34)15-13-21(31)32/h3-12,14H,13,15H2,1-2H3,(H,27,28)(H,31,32). The molecule has 2 aromatic carbocycles. The predicted molar refractivity (Wildman–Crippen MR) is 129 cm³/mol. The Morgan fingerprint density at radius 2 is 1.71 bits per heavy atom. The van der Waals surface area contributed by atoms with Gasteiger partial charge in [-0.1, -0.05) is 18.2 Å². The minimum atomic E-state index is -1.86. The lowest BCUT2D eigenvalue weighted by atomic mass is 10.2. The molecule has 2 heterocycles. The molecule has 0 bridgehead atoms. The molecule has 0 spiro atoms. The fourth-order valence-corrected chi connectivity index (χ4v) is 3.54. The molecule has 0 unspecified atom stereocenters. The number of nitrogens with one attached hydrogen (secondary N) is 1. The van der Waals surface area contributed by atoms with Crippen molar-refractivity contribution in [3.63, 3.8) is 0 Å². The van der Waals surface area contributed by atoms with Crippen LogP contribution in [-0.2, 0) is 11.3 Å². The summed E-state index contributed by atoms with van der Waals surface area (Å²) in [5.41, 5.74) is -0.209. The van der Waals surface area contributed by atoms with Crippen LogP contribution in [0.25, 0.3) is 16.5 Å². The molecular formula is C25H23FN4O5. The van der Waals surface area contributed by atoms with Gasteiger partial charge in [-0.05, 0) is 42.5 Å². The lowest BCUT2D eigenvalue weighted by molar-refractivity contribution is -0.137. The SMILES string of the molecule is CC(C)(F)Oc1ccc(-n2nc(Nc3cccn(CCC(=O)O)c3=O)c3ccccc3c2=O)cc1. The Balaban J connectivity index is 1.77. The van der Waals surface area contributed by atoms with Gasteiger partial charge in [0.25, 0.3) is 11.1 Å². The first-order valence-corrected chi connectivity index (χ1v) is 10.8. The van der Waals surface area contributed by atoms with Gasteiger partial charge in [-0.25, -0.2) is 0 Å². The Morgan fingerprint density at radius 1 is 1.03 bits per heavy atom. The molecule has 180 valence electrons. The van der Waals surface area contributed by atoms with Crippen molar-refractivity contribution >= 4 is 28.2 Å². The quantitative estimate of drug-likeness (QED) is 0.395. The zero-order chi connectivity index (χ0) is 25.2. The van der Waals surface area contributed by atoms with Gasteiger partial charge in [0.2, 0.25) is 5.85 Å². The van der Waals surface area contributed by atoms with Crippen molar-refractivity contribution in [3.8, 4) is 11.4 Å². The van der Waals surface area contributed by atoms with E-state index < -0.39 is 17.4 Å². The van der Waals surface area contributed by atoms with Crippen LogP contribution < -0.4 is 21.2 Å². The third-order valence-corrected chi connectivity index (χ3v) is 5.09. The number of aliphatic carboxylic acids is 1. The van der Waals surface area contributed by atoms with Crippen molar-refractivity contribution in [1.82, 2.24) is 14.3 Å². The zero-order valence-corrected chi connectivity index (χ0v) is 19.1. The van der Waals surface area contributed by atoms with E-state index in [1.54, 1.807) is 48.5 Å². The second kappa shape index (κ2) is 9.41. The van der Waals surface area contributed by atoms with Crippen LogP contribution in [0.3, 0.4) is 0 Å². The number of alkyl halides is 1. The number of fused-ring (bicyclic) bond motifs is 1. The van der Waals surface area contributed by atoms with E-state index in [0.29, 0.717) is 22.2 Å². The Bertz CT molecular complexity index is 1500. The topological polar surface area (TPSA) is 115 Å². The fraction of sp³-hybridized carbons (Fsp3) is 0.200. The number of pyridine rings is 1. The molecule has 0 radical (unpaired) electrons. The lowest BCUT2D eigenvalue weighted by Gasteiger charge is -2.17. The third-order valence-electron chi connectivity index (χ3n) is 5.09. The van der Waals surface area contributed by atoms with Crippen molar-refractivity contribution in [1.29, 1.82) is 0 Å². The van der Waals surface area contributed by atoms with Crippen LogP contribution in [-0.4, -0.2) is 31.3 Å². The number of carboxylic acids is 1. The summed E-state index contributed by atoms with van der Waals surface area (Å²) < 4.78 is 21.5. The summed E-state index contributed by atoms with van der Waals surface area (Å²) in [6.07, 6.45) is 1.31. The zero-order valence-electron chi connectivity index (χ0n) is 19.1. The smallest absolute Gasteiger partial charge is 0.305 e. The maximum Gasteiger partial charge on any atom is 0.305 e. The molecule has 0 aliphatic carbocycles. The fourth-order valence-electron chi connectivity index (χ4n) is 3.54. The number of hydrogen-bond donors (Lipinski definition) is 2. The van der Waals surface area contributed by atoms with Gasteiger partial charge >= 0.3 is 5.97 Å². The van der Waals surface area contributed by atoms with Crippen LogP contribution in [0.15, 0.2) is 76.4 Å². The van der Waals surface area contributed by atoms with Crippen LogP contribution in [0.4, 0.5) is 15.9 Å². The van der Waals surface area contributed by atoms with Gasteiger partial charge < -0.3 is 19.7 Å². The van der Waals surface area contributed by atoms with Crippen LogP contribution >= 0.6 is 0 Å². The molecule has 2 aromatic heterocycles. The number of aromatic nitrogens is 3.